The second-order valence-electron chi connectivity index (χ2n) is 6.04. The molecule has 0 aromatic heterocycles. The van der Waals surface area contributed by atoms with Crippen LogP contribution in [0.4, 0.5) is 0 Å². The monoisotopic (exact) mass is 289 g/mol. The van der Waals surface area contributed by atoms with Gasteiger partial charge < -0.3 is 5.73 Å². The highest BCUT2D eigenvalue weighted by atomic mass is 32.2. The largest absolute Gasteiger partial charge is 0.330 e. The number of piperidine rings is 2. The van der Waals surface area contributed by atoms with Crippen molar-refractivity contribution in [1.82, 2.24) is 8.61 Å². The number of rotatable bonds is 3. The van der Waals surface area contributed by atoms with Gasteiger partial charge in [0.2, 0.25) is 0 Å². The Bertz CT molecular complexity index is 381. The molecule has 0 spiro atoms. The minimum Gasteiger partial charge on any atom is -0.330 e. The van der Waals surface area contributed by atoms with Crippen LogP contribution in [0.2, 0.25) is 0 Å². The van der Waals surface area contributed by atoms with E-state index in [1.54, 1.807) is 8.61 Å². The summed E-state index contributed by atoms with van der Waals surface area (Å²) < 4.78 is 29.0. The lowest BCUT2D eigenvalue weighted by Gasteiger charge is -2.42. The number of hydrogen-bond donors (Lipinski definition) is 1. The summed E-state index contributed by atoms with van der Waals surface area (Å²) in [5, 5.41) is 0. The molecule has 0 radical (unpaired) electrons. The molecule has 112 valence electrons. The molecule has 0 aromatic carbocycles. The van der Waals surface area contributed by atoms with E-state index < -0.39 is 10.2 Å². The third-order valence-electron chi connectivity index (χ3n) is 4.61. The van der Waals surface area contributed by atoms with Crippen molar-refractivity contribution in [2.75, 3.05) is 19.6 Å². The van der Waals surface area contributed by atoms with E-state index in [4.69, 9.17) is 5.73 Å². The van der Waals surface area contributed by atoms with Gasteiger partial charge in [-0.3, -0.25) is 0 Å². The first-order valence-corrected chi connectivity index (χ1v) is 8.85. The Kier molecular flexibility index (Phi) is 4.87. The third kappa shape index (κ3) is 3.12. The van der Waals surface area contributed by atoms with Crippen LogP contribution in [0, 0.1) is 5.92 Å². The zero-order valence-electron chi connectivity index (χ0n) is 12.1. The van der Waals surface area contributed by atoms with Crippen LogP contribution in [-0.4, -0.2) is 48.7 Å². The normalized spacial score (nSPS) is 32.6. The van der Waals surface area contributed by atoms with E-state index in [9.17, 15) is 8.42 Å². The van der Waals surface area contributed by atoms with Gasteiger partial charge in [-0.05, 0) is 52.0 Å². The van der Waals surface area contributed by atoms with E-state index in [0.29, 0.717) is 25.6 Å². The van der Waals surface area contributed by atoms with Crippen molar-refractivity contribution in [3.8, 4) is 0 Å². The molecule has 5 nitrogen and oxygen atoms in total. The Labute approximate surface area is 117 Å². The molecule has 2 atom stereocenters. The Hall–Kier alpha value is -0.170. The summed E-state index contributed by atoms with van der Waals surface area (Å²) in [6.45, 7) is 5.98. The Balaban J connectivity index is 2.09. The van der Waals surface area contributed by atoms with E-state index >= 15 is 0 Å². The van der Waals surface area contributed by atoms with E-state index in [-0.39, 0.29) is 12.1 Å². The molecule has 2 fully saturated rings. The minimum atomic E-state index is -3.29. The summed E-state index contributed by atoms with van der Waals surface area (Å²) in [5.74, 6) is 0.489. The van der Waals surface area contributed by atoms with E-state index in [1.165, 1.54) is 0 Å². The van der Waals surface area contributed by atoms with Gasteiger partial charge in [0.1, 0.15) is 0 Å². The average molecular weight is 289 g/mol. The summed E-state index contributed by atoms with van der Waals surface area (Å²) in [6, 6.07) is 0.252. The first-order valence-electron chi connectivity index (χ1n) is 7.45. The van der Waals surface area contributed by atoms with Crippen LogP contribution in [0.3, 0.4) is 0 Å². The Morgan fingerprint density at radius 1 is 1.05 bits per heavy atom. The second-order valence-corrected chi connectivity index (χ2v) is 7.88. The van der Waals surface area contributed by atoms with Crippen LogP contribution < -0.4 is 5.73 Å². The summed E-state index contributed by atoms with van der Waals surface area (Å²) >= 11 is 0. The summed E-state index contributed by atoms with van der Waals surface area (Å²) in [5.41, 5.74) is 5.67. The third-order valence-corrected chi connectivity index (χ3v) is 6.88. The van der Waals surface area contributed by atoms with Gasteiger partial charge in [0.15, 0.2) is 0 Å². The molecule has 0 amide bonds. The fraction of sp³-hybridized carbons (Fsp3) is 1.00. The van der Waals surface area contributed by atoms with Gasteiger partial charge in [0.05, 0.1) is 0 Å². The van der Waals surface area contributed by atoms with Gasteiger partial charge in [-0.1, -0.05) is 6.42 Å². The first-order chi connectivity index (χ1) is 8.96. The highest BCUT2D eigenvalue weighted by Crippen LogP contribution is 2.29. The maximum atomic E-state index is 12.8. The molecule has 2 aliphatic rings. The molecule has 19 heavy (non-hydrogen) atoms. The molecule has 0 bridgehead atoms. The topological polar surface area (TPSA) is 66.6 Å². The zero-order chi connectivity index (χ0) is 14.0. The summed E-state index contributed by atoms with van der Waals surface area (Å²) in [7, 11) is -3.29. The van der Waals surface area contributed by atoms with Crippen molar-refractivity contribution in [3.63, 3.8) is 0 Å². The first kappa shape index (κ1) is 15.2. The van der Waals surface area contributed by atoms with Crippen LogP contribution in [0.1, 0.15) is 46.0 Å². The predicted molar refractivity (Wildman–Crippen MR) is 76.9 cm³/mol. The molecule has 0 unspecified atom stereocenters. The molecule has 6 heteroatoms. The van der Waals surface area contributed by atoms with Crippen molar-refractivity contribution in [2.45, 2.75) is 58.0 Å². The van der Waals surface area contributed by atoms with Crippen molar-refractivity contribution < 1.29 is 8.42 Å². The van der Waals surface area contributed by atoms with Crippen LogP contribution in [0.15, 0.2) is 0 Å². The molecule has 0 saturated carbocycles. The van der Waals surface area contributed by atoms with Crippen LogP contribution >= 0.6 is 0 Å². The molecule has 2 N–H and O–H groups in total. The number of nitrogens with zero attached hydrogens (tertiary/aromatic N) is 2. The van der Waals surface area contributed by atoms with Crippen molar-refractivity contribution >= 4 is 10.2 Å². The van der Waals surface area contributed by atoms with Gasteiger partial charge in [-0.2, -0.15) is 17.0 Å². The van der Waals surface area contributed by atoms with Crippen LogP contribution in [0.25, 0.3) is 0 Å². The predicted octanol–water partition coefficient (Wildman–Crippen LogP) is 1.16. The fourth-order valence-corrected chi connectivity index (χ4v) is 5.42. The lowest BCUT2D eigenvalue weighted by molar-refractivity contribution is 0.178. The Morgan fingerprint density at radius 2 is 1.58 bits per heavy atom. The van der Waals surface area contributed by atoms with Crippen molar-refractivity contribution in [2.24, 2.45) is 11.7 Å². The molecule has 2 heterocycles. The van der Waals surface area contributed by atoms with Gasteiger partial charge in [0.25, 0.3) is 10.2 Å². The average Bonchev–Trinajstić information content (AvgIpc) is 2.38. The molecule has 0 aliphatic carbocycles. The highest BCUT2D eigenvalue weighted by molar-refractivity contribution is 7.86. The second kappa shape index (κ2) is 6.08. The lowest BCUT2D eigenvalue weighted by Crippen LogP contribution is -2.55. The molecule has 2 saturated heterocycles. The van der Waals surface area contributed by atoms with E-state index in [0.717, 1.165) is 32.1 Å². The van der Waals surface area contributed by atoms with Crippen LogP contribution in [-0.2, 0) is 10.2 Å². The molecule has 2 rings (SSSR count). The molecule has 0 aromatic rings. The Morgan fingerprint density at radius 3 is 2.05 bits per heavy atom. The summed E-state index contributed by atoms with van der Waals surface area (Å²) in [6.07, 6.45) is 4.87. The van der Waals surface area contributed by atoms with Gasteiger partial charge in [-0.15, -0.1) is 0 Å². The minimum absolute atomic E-state index is 0.126. The molecule has 2 aliphatic heterocycles. The SMILES string of the molecule is C[C@@H]1CCC[C@H](C)N1S(=O)(=O)N1CCC(CN)CC1. The van der Waals surface area contributed by atoms with Crippen molar-refractivity contribution in [3.05, 3.63) is 0 Å². The smallest absolute Gasteiger partial charge is 0.282 e. The van der Waals surface area contributed by atoms with E-state index in [1.807, 2.05) is 13.8 Å². The lowest BCUT2D eigenvalue weighted by atomic mass is 9.99. The standard InChI is InChI=1S/C13H27N3O2S/c1-11-4-3-5-12(2)16(11)19(17,18)15-8-6-13(10-14)7-9-15/h11-13H,3-10,14H2,1-2H3/t11-,12+. The molecular formula is C13H27N3O2S. The van der Waals surface area contributed by atoms with Crippen molar-refractivity contribution in [1.29, 1.82) is 0 Å². The zero-order valence-corrected chi connectivity index (χ0v) is 12.9. The van der Waals surface area contributed by atoms with Gasteiger partial charge in [-0.25, -0.2) is 0 Å². The number of nitrogens with two attached hydrogens (primary N) is 1. The quantitative estimate of drug-likeness (QED) is 0.848. The van der Waals surface area contributed by atoms with Crippen LogP contribution in [0.5, 0.6) is 0 Å². The van der Waals surface area contributed by atoms with Gasteiger partial charge >= 0.3 is 0 Å². The van der Waals surface area contributed by atoms with E-state index in [2.05, 4.69) is 0 Å². The maximum absolute atomic E-state index is 12.8. The summed E-state index contributed by atoms with van der Waals surface area (Å²) in [4.78, 5) is 0. The highest BCUT2D eigenvalue weighted by Gasteiger charge is 2.39. The fourth-order valence-electron chi connectivity index (χ4n) is 3.36. The van der Waals surface area contributed by atoms with Gasteiger partial charge in [0, 0.05) is 25.2 Å². The molecular weight excluding hydrogens is 262 g/mol. The maximum Gasteiger partial charge on any atom is 0.282 e. The number of hydrogen-bond acceptors (Lipinski definition) is 3.